The van der Waals surface area contributed by atoms with Crippen molar-refractivity contribution in [1.29, 1.82) is 0 Å². The molecule has 0 amide bonds. The van der Waals surface area contributed by atoms with E-state index < -0.39 is 0 Å². The first kappa shape index (κ1) is 12.4. The van der Waals surface area contributed by atoms with Crippen molar-refractivity contribution in [3.63, 3.8) is 0 Å². The number of aryl methyl sites for hydroxylation is 2. The van der Waals surface area contributed by atoms with Gasteiger partial charge in [0.15, 0.2) is 0 Å². The quantitative estimate of drug-likeness (QED) is 0.773. The second kappa shape index (κ2) is 5.09. The molecule has 2 rings (SSSR count). The number of nitrogens with zero attached hydrogens (tertiary/aromatic N) is 2. The molecule has 0 aromatic heterocycles. The molecule has 1 atom stereocenters. The maximum Gasteiger partial charge on any atom is 0.0370 e. The van der Waals surface area contributed by atoms with E-state index in [1.54, 1.807) is 0 Å². The van der Waals surface area contributed by atoms with Gasteiger partial charge in [-0.25, -0.2) is 0 Å². The lowest BCUT2D eigenvalue weighted by molar-refractivity contribution is 0.234. The SMILES string of the molecule is CCc1cc(N2CCN(C)[C@@H](C)C2)ccc1C. The minimum atomic E-state index is 0.648. The van der Waals surface area contributed by atoms with Gasteiger partial charge in [0.05, 0.1) is 0 Å². The zero-order chi connectivity index (χ0) is 12.4. The molecule has 1 aliphatic rings. The van der Waals surface area contributed by atoms with Crippen LogP contribution in [0.2, 0.25) is 0 Å². The van der Waals surface area contributed by atoms with Gasteiger partial charge in [-0.3, -0.25) is 0 Å². The van der Waals surface area contributed by atoms with Crippen molar-refractivity contribution < 1.29 is 0 Å². The first-order valence-corrected chi connectivity index (χ1v) is 6.66. The standard InChI is InChI=1S/C15H24N2/c1-5-14-10-15(7-6-12(14)2)17-9-8-16(4)13(3)11-17/h6-7,10,13H,5,8-9,11H2,1-4H3/t13-/m0/s1. The molecule has 0 unspecified atom stereocenters. The van der Waals surface area contributed by atoms with Crippen LogP contribution in [0.1, 0.15) is 25.0 Å². The molecule has 1 aromatic carbocycles. The van der Waals surface area contributed by atoms with E-state index in [2.05, 4.69) is 55.8 Å². The van der Waals surface area contributed by atoms with Crippen LogP contribution in [0, 0.1) is 6.92 Å². The summed E-state index contributed by atoms with van der Waals surface area (Å²) >= 11 is 0. The molecule has 17 heavy (non-hydrogen) atoms. The van der Waals surface area contributed by atoms with Crippen molar-refractivity contribution in [2.24, 2.45) is 0 Å². The number of rotatable bonds is 2. The molecule has 1 fully saturated rings. The summed E-state index contributed by atoms with van der Waals surface area (Å²) in [4.78, 5) is 4.95. The van der Waals surface area contributed by atoms with Crippen LogP contribution >= 0.6 is 0 Å². The highest BCUT2D eigenvalue weighted by Crippen LogP contribution is 2.22. The highest BCUT2D eigenvalue weighted by atomic mass is 15.3. The van der Waals surface area contributed by atoms with Crippen molar-refractivity contribution in [3.8, 4) is 0 Å². The number of hydrogen-bond acceptors (Lipinski definition) is 2. The fourth-order valence-electron chi connectivity index (χ4n) is 2.52. The molecule has 2 heteroatoms. The average molecular weight is 232 g/mol. The van der Waals surface area contributed by atoms with E-state index in [9.17, 15) is 0 Å². The number of likely N-dealkylation sites (N-methyl/N-ethyl adjacent to an activating group) is 1. The minimum absolute atomic E-state index is 0.648. The third-order valence-corrected chi connectivity index (χ3v) is 4.04. The Morgan fingerprint density at radius 1 is 1.29 bits per heavy atom. The molecule has 0 spiro atoms. The van der Waals surface area contributed by atoms with Gasteiger partial charge in [0.1, 0.15) is 0 Å². The zero-order valence-electron chi connectivity index (χ0n) is 11.5. The van der Waals surface area contributed by atoms with Crippen LogP contribution in [-0.4, -0.2) is 37.6 Å². The summed E-state index contributed by atoms with van der Waals surface area (Å²) in [6.07, 6.45) is 1.13. The second-order valence-electron chi connectivity index (χ2n) is 5.24. The number of hydrogen-bond donors (Lipinski definition) is 0. The summed E-state index contributed by atoms with van der Waals surface area (Å²) in [5, 5.41) is 0. The number of benzene rings is 1. The fourth-order valence-corrected chi connectivity index (χ4v) is 2.52. The molecule has 0 aliphatic carbocycles. The summed E-state index contributed by atoms with van der Waals surface area (Å²) in [6, 6.07) is 7.55. The Balaban J connectivity index is 2.17. The van der Waals surface area contributed by atoms with Crippen molar-refractivity contribution in [1.82, 2.24) is 4.90 Å². The third kappa shape index (κ3) is 2.63. The molecule has 0 radical (unpaired) electrons. The summed E-state index contributed by atoms with van der Waals surface area (Å²) in [5.74, 6) is 0. The predicted octanol–water partition coefficient (Wildman–Crippen LogP) is 2.70. The monoisotopic (exact) mass is 232 g/mol. The molecular weight excluding hydrogens is 208 g/mol. The van der Waals surface area contributed by atoms with E-state index in [-0.39, 0.29) is 0 Å². The average Bonchev–Trinajstić information content (AvgIpc) is 2.33. The van der Waals surface area contributed by atoms with Crippen LogP contribution in [0.5, 0.6) is 0 Å². The molecule has 94 valence electrons. The van der Waals surface area contributed by atoms with E-state index in [1.165, 1.54) is 16.8 Å². The van der Waals surface area contributed by atoms with Gasteiger partial charge >= 0.3 is 0 Å². The number of piperazine rings is 1. The van der Waals surface area contributed by atoms with Gasteiger partial charge in [0.2, 0.25) is 0 Å². The molecular formula is C15H24N2. The molecule has 0 N–H and O–H groups in total. The normalized spacial score (nSPS) is 21.9. The summed E-state index contributed by atoms with van der Waals surface area (Å²) in [5.41, 5.74) is 4.29. The summed E-state index contributed by atoms with van der Waals surface area (Å²) in [6.45, 7) is 10.2. The minimum Gasteiger partial charge on any atom is -0.369 e. The molecule has 1 aliphatic heterocycles. The van der Waals surface area contributed by atoms with E-state index in [0.29, 0.717) is 6.04 Å². The zero-order valence-corrected chi connectivity index (χ0v) is 11.5. The van der Waals surface area contributed by atoms with Gasteiger partial charge in [-0.1, -0.05) is 13.0 Å². The van der Waals surface area contributed by atoms with E-state index in [1.807, 2.05) is 0 Å². The van der Waals surface area contributed by atoms with Crippen LogP contribution in [0.15, 0.2) is 18.2 Å². The van der Waals surface area contributed by atoms with E-state index in [0.717, 1.165) is 26.1 Å². The Hall–Kier alpha value is -1.02. The maximum absolute atomic E-state index is 2.52. The summed E-state index contributed by atoms with van der Waals surface area (Å²) in [7, 11) is 2.22. The Labute approximate surface area is 105 Å². The Morgan fingerprint density at radius 3 is 2.71 bits per heavy atom. The van der Waals surface area contributed by atoms with Crippen LogP contribution in [0.25, 0.3) is 0 Å². The Bertz CT molecular complexity index is 387. The van der Waals surface area contributed by atoms with Gasteiger partial charge in [-0.2, -0.15) is 0 Å². The van der Waals surface area contributed by atoms with Crippen molar-refractivity contribution in [2.45, 2.75) is 33.2 Å². The fraction of sp³-hybridized carbons (Fsp3) is 0.600. The second-order valence-corrected chi connectivity index (χ2v) is 5.24. The van der Waals surface area contributed by atoms with Gasteiger partial charge in [-0.15, -0.1) is 0 Å². The topological polar surface area (TPSA) is 6.48 Å². The van der Waals surface area contributed by atoms with E-state index in [4.69, 9.17) is 0 Å². The highest BCUT2D eigenvalue weighted by molar-refractivity contribution is 5.51. The van der Waals surface area contributed by atoms with Gasteiger partial charge in [0.25, 0.3) is 0 Å². The van der Waals surface area contributed by atoms with Crippen molar-refractivity contribution in [3.05, 3.63) is 29.3 Å². The van der Waals surface area contributed by atoms with Crippen molar-refractivity contribution in [2.75, 3.05) is 31.6 Å². The van der Waals surface area contributed by atoms with E-state index >= 15 is 0 Å². The lowest BCUT2D eigenvalue weighted by Crippen LogP contribution is -2.50. The van der Waals surface area contributed by atoms with Crippen LogP contribution in [0.4, 0.5) is 5.69 Å². The largest absolute Gasteiger partial charge is 0.369 e. The Morgan fingerprint density at radius 2 is 2.06 bits per heavy atom. The molecule has 2 nitrogen and oxygen atoms in total. The predicted molar refractivity (Wildman–Crippen MR) is 74.9 cm³/mol. The molecule has 0 saturated carbocycles. The lowest BCUT2D eigenvalue weighted by Gasteiger charge is -2.39. The molecule has 1 saturated heterocycles. The highest BCUT2D eigenvalue weighted by Gasteiger charge is 2.20. The third-order valence-electron chi connectivity index (χ3n) is 4.04. The smallest absolute Gasteiger partial charge is 0.0370 e. The lowest BCUT2D eigenvalue weighted by atomic mass is 10.0. The van der Waals surface area contributed by atoms with Crippen molar-refractivity contribution >= 4 is 5.69 Å². The Kier molecular flexibility index (Phi) is 3.72. The van der Waals surface area contributed by atoms with Crippen LogP contribution < -0.4 is 4.90 Å². The maximum atomic E-state index is 2.52. The first-order valence-electron chi connectivity index (χ1n) is 6.66. The number of anilines is 1. The molecule has 1 aromatic rings. The van der Waals surface area contributed by atoms with Gasteiger partial charge in [-0.05, 0) is 50.6 Å². The molecule has 0 bridgehead atoms. The summed E-state index contributed by atoms with van der Waals surface area (Å²) < 4.78 is 0. The van der Waals surface area contributed by atoms with Crippen LogP contribution in [-0.2, 0) is 6.42 Å². The first-order chi connectivity index (χ1) is 8.11. The van der Waals surface area contributed by atoms with Crippen LogP contribution in [0.3, 0.4) is 0 Å². The van der Waals surface area contributed by atoms with Gasteiger partial charge in [0, 0.05) is 31.4 Å². The molecule has 1 heterocycles. The van der Waals surface area contributed by atoms with Gasteiger partial charge < -0.3 is 9.80 Å².